The van der Waals surface area contributed by atoms with Crippen molar-refractivity contribution in [3.05, 3.63) is 18.2 Å². The number of ether oxygens (including phenoxy) is 2. The summed E-state index contributed by atoms with van der Waals surface area (Å²) in [6.07, 6.45) is 3.29. The van der Waals surface area contributed by atoms with Gasteiger partial charge in [-0.05, 0) is 31.4 Å². The van der Waals surface area contributed by atoms with E-state index in [-0.39, 0.29) is 5.75 Å². The molecule has 0 radical (unpaired) electrons. The third kappa shape index (κ3) is 2.99. The van der Waals surface area contributed by atoms with Gasteiger partial charge in [0.05, 0.1) is 12.8 Å². The smallest absolute Gasteiger partial charge is 0.387 e. The van der Waals surface area contributed by atoms with Crippen molar-refractivity contribution in [1.82, 2.24) is 0 Å². The highest BCUT2D eigenvalue weighted by Gasteiger charge is 2.19. The van der Waals surface area contributed by atoms with Crippen molar-refractivity contribution in [2.24, 2.45) is 0 Å². The molecule has 3 nitrogen and oxygen atoms in total. The summed E-state index contributed by atoms with van der Waals surface area (Å²) in [7, 11) is 1.54. The summed E-state index contributed by atoms with van der Waals surface area (Å²) in [6, 6.07) is 5.12. The zero-order chi connectivity index (χ0) is 12.3. The molecule has 0 bridgehead atoms. The van der Waals surface area contributed by atoms with Crippen molar-refractivity contribution in [2.75, 3.05) is 12.4 Å². The molecule has 1 aromatic rings. The Labute approximate surface area is 98.7 Å². The van der Waals surface area contributed by atoms with Gasteiger partial charge < -0.3 is 14.8 Å². The molecule has 0 amide bonds. The number of hydrogen-bond donors (Lipinski definition) is 1. The zero-order valence-electron chi connectivity index (χ0n) is 9.58. The van der Waals surface area contributed by atoms with E-state index in [2.05, 4.69) is 10.1 Å². The van der Waals surface area contributed by atoms with E-state index in [0.29, 0.717) is 17.5 Å². The molecule has 0 heterocycles. The van der Waals surface area contributed by atoms with Crippen LogP contribution in [-0.2, 0) is 0 Å². The van der Waals surface area contributed by atoms with Crippen molar-refractivity contribution in [2.45, 2.75) is 31.9 Å². The van der Waals surface area contributed by atoms with Crippen LogP contribution in [0.4, 0.5) is 14.5 Å². The van der Waals surface area contributed by atoms with Gasteiger partial charge in [-0.1, -0.05) is 0 Å². The number of methoxy groups -OCH3 is 1. The van der Waals surface area contributed by atoms with Crippen LogP contribution in [0.5, 0.6) is 11.5 Å². The molecular weight excluding hydrogens is 228 g/mol. The van der Waals surface area contributed by atoms with Crippen LogP contribution < -0.4 is 14.8 Å². The maximum Gasteiger partial charge on any atom is 0.387 e. The summed E-state index contributed by atoms with van der Waals surface area (Å²) < 4.78 is 34.0. The van der Waals surface area contributed by atoms with Crippen molar-refractivity contribution in [3.8, 4) is 11.5 Å². The lowest BCUT2D eigenvalue weighted by molar-refractivity contribution is -0.0494. The Bertz CT molecular complexity index is 381. The van der Waals surface area contributed by atoms with Gasteiger partial charge >= 0.3 is 6.61 Å². The predicted octanol–water partition coefficient (Wildman–Crippen LogP) is 3.26. The molecule has 0 saturated heterocycles. The van der Waals surface area contributed by atoms with Gasteiger partial charge in [0.15, 0.2) is 0 Å². The number of anilines is 1. The minimum atomic E-state index is -2.81. The molecule has 17 heavy (non-hydrogen) atoms. The Hall–Kier alpha value is -1.52. The van der Waals surface area contributed by atoms with Crippen LogP contribution in [0.2, 0.25) is 0 Å². The lowest BCUT2D eigenvalue weighted by Crippen LogP contribution is -2.27. The minimum absolute atomic E-state index is 0.160. The molecule has 1 saturated carbocycles. The lowest BCUT2D eigenvalue weighted by atomic mass is 9.93. The first-order chi connectivity index (χ1) is 8.19. The number of rotatable bonds is 5. The summed E-state index contributed by atoms with van der Waals surface area (Å²) in [6.45, 7) is -2.81. The van der Waals surface area contributed by atoms with Gasteiger partial charge in [0.1, 0.15) is 11.5 Å². The molecule has 1 N–H and O–H groups in total. The van der Waals surface area contributed by atoms with Crippen molar-refractivity contribution in [1.29, 1.82) is 0 Å². The van der Waals surface area contributed by atoms with Gasteiger partial charge in [-0.3, -0.25) is 0 Å². The average molecular weight is 243 g/mol. The topological polar surface area (TPSA) is 30.5 Å². The van der Waals surface area contributed by atoms with Crippen LogP contribution in [0.15, 0.2) is 18.2 Å². The van der Waals surface area contributed by atoms with E-state index < -0.39 is 6.61 Å². The molecule has 0 unspecified atom stereocenters. The molecule has 94 valence electrons. The second-order valence-corrected chi connectivity index (χ2v) is 4.01. The molecule has 5 heteroatoms. The Morgan fingerprint density at radius 2 is 2.12 bits per heavy atom. The highest BCUT2D eigenvalue weighted by Crippen LogP contribution is 2.33. The number of benzene rings is 1. The molecule has 1 fully saturated rings. The van der Waals surface area contributed by atoms with Gasteiger partial charge in [-0.15, -0.1) is 0 Å². The predicted molar refractivity (Wildman–Crippen MR) is 60.9 cm³/mol. The van der Waals surface area contributed by atoms with E-state index in [1.54, 1.807) is 12.1 Å². The summed E-state index contributed by atoms with van der Waals surface area (Å²) >= 11 is 0. The first-order valence-electron chi connectivity index (χ1n) is 5.58. The summed E-state index contributed by atoms with van der Waals surface area (Å²) in [5.41, 5.74) is 0.564. The van der Waals surface area contributed by atoms with Gasteiger partial charge in [0.2, 0.25) is 0 Å². The zero-order valence-corrected chi connectivity index (χ0v) is 9.58. The standard InChI is InChI=1S/C12H15F2NO2/c1-16-9-5-6-11(17-12(13)14)10(7-9)15-8-3-2-4-8/h5-8,12,15H,2-4H2,1H3. The first kappa shape index (κ1) is 12.0. The monoisotopic (exact) mass is 243 g/mol. The number of alkyl halides is 2. The molecule has 1 aliphatic carbocycles. The van der Waals surface area contributed by atoms with Gasteiger partial charge in [0, 0.05) is 12.1 Å². The van der Waals surface area contributed by atoms with E-state index in [1.165, 1.54) is 19.6 Å². The SMILES string of the molecule is COc1ccc(OC(F)F)c(NC2CCC2)c1. The highest BCUT2D eigenvalue weighted by molar-refractivity contribution is 5.60. The largest absolute Gasteiger partial charge is 0.497 e. The van der Waals surface area contributed by atoms with Crippen molar-refractivity contribution >= 4 is 5.69 Å². The second kappa shape index (κ2) is 5.21. The molecule has 0 spiro atoms. The maximum absolute atomic E-state index is 12.2. The van der Waals surface area contributed by atoms with E-state index >= 15 is 0 Å². The minimum Gasteiger partial charge on any atom is -0.497 e. The molecule has 1 aliphatic rings. The summed E-state index contributed by atoms with van der Waals surface area (Å²) in [5, 5.41) is 3.19. The Kier molecular flexibility index (Phi) is 3.66. The van der Waals surface area contributed by atoms with Gasteiger partial charge in [-0.2, -0.15) is 8.78 Å². The molecular formula is C12H15F2NO2. The van der Waals surface area contributed by atoms with E-state index in [4.69, 9.17) is 4.74 Å². The van der Waals surface area contributed by atoms with Crippen molar-refractivity contribution in [3.63, 3.8) is 0 Å². The fourth-order valence-corrected chi connectivity index (χ4v) is 1.72. The number of nitrogens with one attached hydrogen (secondary N) is 1. The third-order valence-electron chi connectivity index (χ3n) is 2.87. The van der Waals surface area contributed by atoms with Crippen LogP contribution in [0.1, 0.15) is 19.3 Å². The van der Waals surface area contributed by atoms with Crippen LogP contribution in [0.3, 0.4) is 0 Å². The Morgan fingerprint density at radius 1 is 1.35 bits per heavy atom. The third-order valence-corrected chi connectivity index (χ3v) is 2.87. The van der Waals surface area contributed by atoms with Crippen LogP contribution in [-0.4, -0.2) is 19.8 Å². The average Bonchev–Trinajstić information content (AvgIpc) is 2.24. The molecule has 0 aliphatic heterocycles. The summed E-state index contributed by atoms with van der Waals surface area (Å²) in [4.78, 5) is 0. The number of hydrogen-bond acceptors (Lipinski definition) is 3. The molecule has 1 aromatic carbocycles. The van der Waals surface area contributed by atoms with Crippen LogP contribution in [0.25, 0.3) is 0 Å². The number of halogens is 2. The first-order valence-corrected chi connectivity index (χ1v) is 5.58. The fourth-order valence-electron chi connectivity index (χ4n) is 1.72. The quantitative estimate of drug-likeness (QED) is 0.861. The molecule has 0 aromatic heterocycles. The highest BCUT2D eigenvalue weighted by atomic mass is 19.3. The Balaban J connectivity index is 2.16. The summed E-state index contributed by atoms with van der Waals surface area (Å²) in [5.74, 6) is 0.779. The Morgan fingerprint density at radius 3 is 2.65 bits per heavy atom. The van der Waals surface area contributed by atoms with Crippen LogP contribution in [0, 0.1) is 0 Å². The normalized spacial score (nSPS) is 15.5. The molecule has 0 atom stereocenters. The van der Waals surface area contributed by atoms with E-state index in [1.807, 2.05) is 0 Å². The van der Waals surface area contributed by atoms with Crippen LogP contribution >= 0.6 is 0 Å². The van der Waals surface area contributed by atoms with E-state index in [0.717, 1.165) is 12.8 Å². The second-order valence-electron chi connectivity index (χ2n) is 4.01. The lowest BCUT2D eigenvalue weighted by Gasteiger charge is -2.28. The maximum atomic E-state index is 12.2. The van der Waals surface area contributed by atoms with Crippen molar-refractivity contribution < 1.29 is 18.3 Å². The fraction of sp³-hybridized carbons (Fsp3) is 0.500. The molecule has 2 rings (SSSR count). The van der Waals surface area contributed by atoms with Gasteiger partial charge in [-0.25, -0.2) is 0 Å². The van der Waals surface area contributed by atoms with E-state index in [9.17, 15) is 8.78 Å². The van der Waals surface area contributed by atoms with Gasteiger partial charge in [0.25, 0.3) is 0 Å².